The van der Waals surface area contributed by atoms with Crippen molar-refractivity contribution in [1.29, 1.82) is 0 Å². The molecule has 0 saturated carbocycles. The number of nitrogens with one attached hydrogen (secondary N) is 1. The normalized spacial score (nSPS) is 10.8. The summed E-state index contributed by atoms with van der Waals surface area (Å²) in [6.45, 7) is 2.75. The molecule has 0 aromatic carbocycles. The number of rotatable bonds is 6. The summed E-state index contributed by atoms with van der Waals surface area (Å²) in [6, 6.07) is 0. The molecule has 62 valence electrons. The summed E-state index contributed by atoms with van der Waals surface area (Å²) in [5.41, 5.74) is 2.35. The Bertz CT molecular complexity index is 68.8. The zero-order valence-corrected chi connectivity index (χ0v) is 6.38. The van der Waals surface area contributed by atoms with E-state index in [1.807, 2.05) is 0 Å². The van der Waals surface area contributed by atoms with Crippen LogP contribution in [0.3, 0.4) is 0 Å². The standard InChI is InChI=1S/C6H16N2O2/c1-2-3-4-5-6-7-8(9)10/h7,9-10H,2-6H2,1H3. The highest BCUT2D eigenvalue weighted by molar-refractivity contribution is 4.40. The molecule has 0 spiro atoms. The molecule has 0 unspecified atom stereocenters. The molecule has 10 heavy (non-hydrogen) atoms. The quantitative estimate of drug-likeness (QED) is 0.390. The maximum absolute atomic E-state index is 8.19. The van der Waals surface area contributed by atoms with Crippen molar-refractivity contribution < 1.29 is 10.4 Å². The van der Waals surface area contributed by atoms with Crippen molar-refractivity contribution in [2.45, 2.75) is 32.6 Å². The van der Waals surface area contributed by atoms with Gasteiger partial charge in [-0.05, 0) is 6.42 Å². The third kappa shape index (κ3) is 7.84. The number of hydrogen-bond acceptors (Lipinski definition) is 4. The van der Waals surface area contributed by atoms with E-state index in [-0.39, 0.29) is 5.34 Å². The van der Waals surface area contributed by atoms with E-state index in [9.17, 15) is 0 Å². The van der Waals surface area contributed by atoms with Gasteiger partial charge in [0, 0.05) is 11.9 Å². The molecule has 0 heterocycles. The van der Waals surface area contributed by atoms with Gasteiger partial charge >= 0.3 is 0 Å². The third-order valence-electron chi connectivity index (χ3n) is 1.28. The molecule has 0 amide bonds. The molecule has 4 nitrogen and oxygen atoms in total. The van der Waals surface area contributed by atoms with E-state index in [1.54, 1.807) is 0 Å². The van der Waals surface area contributed by atoms with Crippen molar-refractivity contribution in [2.75, 3.05) is 6.54 Å². The van der Waals surface area contributed by atoms with Crippen molar-refractivity contribution >= 4 is 0 Å². The Morgan fingerprint density at radius 2 is 1.90 bits per heavy atom. The number of nitrogens with zero attached hydrogens (tertiary/aromatic N) is 1. The van der Waals surface area contributed by atoms with Gasteiger partial charge in [0.25, 0.3) is 0 Å². The van der Waals surface area contributed by atoms with E-state index in [0.717, 1.165) is 12.8 Å². The highest BCUT2D eigenvalue weighted by Crippen LogP contribution is 1.96. The Kier molecular flexibility index (Phi) is 6.84. The molecule has 0 aliphatic heterocycles. The molecule has 0 rings (SSSR count). The lowest BCUT2D eigenvalue weighted by molar-refractivity contribution is -0.341. The van der Waals surface area contributed by atoms with Gasteiger partial charge in [0.1, 0.15) is 0 Å². The lowest BCUT2D eigenvalue weighted by Crippen LogP contribution is -2.32. The molecule has 0 atom stereocenters. The van der Waals surface area contributed by atoms with Gasteiger partial charge in [-0.15, -0.1) is 0 Å². The van der Waals surface area contributed by atoms with Crippen molar-refractivity contribution in [3.8, 4) is 0 Å². The largest absolute Gasteiger partial charge is 0.276 e. The zero-order chi connectivity index (χ0) is 7.82. The predicted molar refractivity (Wildman–Crippen MR) is 37.6 cm³/mol. The number of hydrogen-bond donors (Lipinski definition) is 3. The predicted octanol–water partition coefficient (Wildman–Crippen LogP) is 1.15. The lowest BCUT2D eigenvalue weighted by atomic mass is 10.2. The second-order valence-corrected chi connectivity index (χ2v) is 2.26. The molecule has 0 radical (unpaired) electrons. The Balaban J connectivity index is 2.77. The monoisotopic (exact) mass is 148 g/mol. The summed E-state index contributed by atoms with van der Waals surface area (Å²) in [6.07, 6.45) is 4.52. The van der Waals surface area contributed by atoms with Gasteiger partial charge in [0.15, 0.2) is 0 Å². The van der Waals surface area contributed by atoms with Crippen LogP contribution in [0.15, 0.2) is 0 Å². The lowest BCUT2D eigenvalue weighted by Gasteiger charge is -2.06. The van der Waals surface area contributed by atoms with Crippen LogP contribution in [0.2, 0.25) is 0 Å². The molecule has 0 aliphatic rings. The fourth-order valence-corrected chi connectivity index (χ4v) is 0.731. The smallest absolute Gasteiger partial charge is 0.0147 e. The second kappa shape index (κ2) is 6.95. The molecular weight excluding hydrogens is 132 g/mol. The molecule has 0 aromatic rings. The maximum Gasteiger partial charge on any atom is 0.0147 e. The fraction of sp³-hybridized carbons (Fsp3) is 1.00. The van der Waals surface area contributed by atoms with Crippen LogP contribution in [0.5, 0.6) is 0 Å². The molecule has 0 fully saturated rings. The highest BCUT2D eigenvalue weighted by Gasteiger charge is 1.90. The average Bonchev–Trinajstić information content (AvgIpc) is 1.87. The van der Waals surface area contributed by atoms with Crippen molar-refractivity contribution in [2.24, 2.45) is 0 Å². The van der Waals surface area contributed by atoms with Gasteiger partial charge in [-0.1, -0.05) is 26.2 Å². The van der Waals surface area contributed by atoms with Gasteiger partial charge < -0.3 is 0 Å². The first-order valence-electron chi connectivity index (χ1n) is 3.68. The summed E-state index contributed by atoms with van der Waals surface area (Å²) < 4.78 is 0. The highest BCUT2D eigenvalue weighted by atomic mass is 16.8. The van der Waals surface area contributed by atoms with E-state index in [4.69, 9.17) is 10.4 Å². The van der Waals surface area contributed by atoms with E-state index in [2.05, 4.69) is 12.3 Å². The zero-order valence-electron chi connectivity index (χ0n) is 6.38. The molecule has 4 heteroatoms. The summed E-state index contributed by atoms with van der Waals surface area (Å²) in [7, 11) is 0. The fourth-order valence-electron chi connectivity index (χ4n) is 0.731. The van der Waals surface area contributed by atoms with Crippen LogP contribution in [0.4, 0.5) is 0 Å². The van der Waals surface area contributed by atoms with Crippen molar-refractivity contribution in [3.05, 3.63) is 0 Å². The van der Waals surface area contributed by atoms with Crippen LogP contribution in [0.25, 0.3) is 0 Å². The molecule has 0 aromatic heterocycles. The van der Waals surface area contributed by atoms with Crippen LogP contribution in [0.1, 0.15) is 32.6 Å². The van der Waals surface area contributed by atoms with Crippen molar-refractivity contribution in [1.82, 2.24) is 10.8 Å². The van der Waals surface area contributed by atoms with Gasteiger partial charge in [0.05, 0.1) is 0 Å². The first-order valence-corrected chi connectivity index (χ1v) is 3.68. The van der Waals surface area contributed by atoms with Crippen LogP contribution < -0.4 is 5.43 Å². The second-order valence-electron chi connectivity index (χ2n) is 2.26. The average molecular weight is 148 g/mol. The Hall–Kier alpha value is -0.160. The summed E-state index contributed by atoms with van der Waals surface area (Å²) in [5, 5.41) is 16.4. The van der Waals surface area contributed by atoms with E-state index < -0.39 is 0 Å². The van der Waals surface area contributed by atoms with Gasteiger partial charge in [-0.25, -0.2) is 5.43 Å². The van der Waals surface area contributed by atoms with E-state index >= 15 is 0 Å². The van der Waals surface area contributed by atoms with Crippen LogP contribution >= 0.6 is 0 Å². The number of hydrazine groups is 1. The molecule has 0 saturated heterocycles. The first kappa shape index (κ1) is 9.84. The van der Waals surface area contributed by atoms with Crippen molar-refractivity contribution in [3.63, 3.8) is 0 Å². The van der Waals surface area contributed by atoms with E-state index in [1.165, 1.54) is 12.8 Å². The Morgan fingerprint density at radius 1 is 1.20 bits per heavy atom. The van der Waals surface area contributed by atoms with Gasteiger partial charge in [0.2, 0.25) is 0 Å². The SMILES string of the molecule is CCCCCCNN(O)O. The minimum atomic E-state index is 0.00590. The minimum Gasteiger partial charge on any atom is -0.276 e. The van der Waals surface area contributed by atoms with Gasteiger partial charge in [-0.3, -0.25) is 10.4 Å². The Morgan fingerprint density at radius 3 is 2.40 bits per heavy atom. The third-order valence-corrected chi connectivity index (χ3v) is 1.28. The molecule has 0 bridgehead atoms. The topological polar surface area (TPSA) is 55.7 Å². The van der Waals surface area contributed by atoms with Crippen LogP contribution in [0, 0.1) is 0 Å². The van der Waals surface area contributed by atoms with Crippen LogP contribution in [-0.2, 0) is 0 Å². The molecule has 0 aliphatic carbocycles. The van der Waals surface area contributed by atoms with Gasteiger partial charge in [-0.2, -0.15) is 0 Å². The maximum atomic E-state index is 8.19. The van der Waals surface area contributed by atoms with E-state index in [0.29, 0.717) is 6.54 Å². The first-order chi connectivity index (χ1) is 4.77. The molecule has 3 N–H and O–H groups in total. The number of unbranched alkanes of at least 4 members (excludes halogenated alkanes) is 3. The minimum absolute atomic E-state index is 0.00590. The van der Waals surface area contributed by atoms with Crippen LogP contribution in [-0.4, -0.2) is 22.3 Å². The summed E-state index contributed by atoms with van der Waals surface area (Å²) >= 11 is 0. The Labute approximate surface area is 61.3 Å². The summed E-state index contributed by atoms with van der Waals surface area (Å²) in [4.78, 5) is 0. The summed E-state index contributed by atoms with van der Waals surface area (Å²) in [5.74, 6) is 0. The molecular formula is C6H16N2O2.